The fourth-order valence-corrected chi connectivity index (χ4v) is 1.77. The largest absolute Gasteiger partial charge is 0.198 e. The highest BCUT2D eigenvalue weighted by molar-refractivity contribution is 6.17. The Balaban J connectivity index is 2.18. The molecule has 0 spiro atoms. The maximum Gasteiger partial charge on any atom is 0.0689 e. The molecule has 11 heavy (non-hydrogen) atoms. The molecule has 1 rings (SSSR count). The van der Waals surface area contributed by atoms with Crippen LogP contribution in [0, 0.1) is 16.7 Å². The van der Waals surface area contributed by atoms with Crippen molar-refractivity contribution in [3.05, 3.63) is 0 Å². The average molecular weight is 172 g/mol. The van der Waals surface area contributed by atoms with Gasteiger partial charge in [0.15, 0.2) is 0 Å². The number of alkyl halides is 1. The predicted molar refractivity (Wildman–Crippen MR) is 46.5 cm³/mol. The summed E-state index contributed by atoms with van der Waals surface area (Å²) in [5, 5.41) is 8.85. The van der Waals surface area contributed by atoms with E-state index in [1.165, 1.54) is 6.42 Å². The Morgan fingerprint density at radius 1 is 1.36 bits per heavy atom. The Morgan fingerprint density at radius 3 is 2.45 bits per heavy atom. The Bertz CT molecular complexity index is 155. The molecule has 2 heteroatoms. The lowest BCUT2D eigenvalue weighted by atomic mass is 9.67. The molecule has 0 aromatic carbocycles. The summed E-state index contributed by atoms with van der Waals surface area (Å²) in [4.78, 5) is 0. The minimum atomic E-state index is 0.0616. The topological polar surface area (TPSA) is 23.8 Å². The average Bonchev–Trinajstić information content (AvgIpc) is 1.95. The summed E-state index contributed by atoms with van der Waals surface area (Å²) in [5.74, 6) is 0.738. The van der Waals surface area contributed by atoms with Gasteiger partial charge in [0, 0.05) is 5.88 Å². The highest BCUT2D eigenvalue weighted by atomic mass is 35.5. The van der Waals surface area contributed by atoms with Crippen LogP contribution in [-0.2, 0) is 0 Å². The number of nitrogens with zero attached hydrogens (tertiary/aromatic N) is 1. The molecule has 0 radical (unpaired) electrons. The van der Waals surface area contributed by atoms with E-state index < -0.39 is 0 Å². The van der Waals surface area contributed by atoms with Crippen LogP contribution in [-0.4, -0.2) is 5.88 Å². The Morgan fingerprint density at radius 2 is 2.09 bits per heavy atom. The van der Waals surface area contributed by atoms with Gasteiger partial charge in [-0.2, -0.15) is 5.26 Å². The molecule has 0 aliphatic heterocycles. The van der Waals surface area contributed by atoms with Crippen LogP contribution >= 0.6 is 11.6 Å². The quantitative estimate of drug-likeness (QED) is 0.471. The first-order chi connectivity index (χ1) is 5.33. The van der Waals surface area contributed by atoms with Crippen LogP contribution in [0.25, 0.3) is 0 Å². The van der Waals surface area contributed by atoms with Crippen molar-refractivity contribution in [3.8, 4) is 6.07 Å². The van der Waals surface area contributed by atoms with E-state index in [-0.39, 0.29) is 5.41 Å². The third-order valence-corrected chi connectivity index (χ3v) is 2.85. The van der Waals surface area contributed by atoms with Crippen molar-refractivity contribution in [1.29, 1.82) is 5.26 Å². The Hall–Kier alpha value is -0.220. The summed E-state index contributed by atoms with van der Waals surface area (Å²) in [6, 6.07) is 2.43. The molecule has 0 heterocycles. The van der Waals surface area contributed by atoms with E-state index >= 15 is 0 Å². The molecule has 0 unspecified atom stereocenters. The van der Waals surface area contributed by atoms with Crippen molar-refractivity contribution in [2.24, 2.45) is 5.41 Å². The number of halogens is 1. The number of nitriles is 1. The van der Waals surface area contributed by atoms with Gasteiger partial charge in [0.1, 0.15) is 0 Å². The van der Waals surface area contributed by atoms with E-state index in [4.69, 9.17) is 16.9 Å². The van der Waals surface area contributed by atoms with Gasteiger partial charge in [-0.15, -0.1) is 11.6 Å². The van der Waals surface area contributed by atoms with E-state index in [0.29, 0.717) is 0 Å². The fraction of sp³-hybridized carbons (Fsp3) is 0.889. The molecule has 1 nitrogen and oxygen atoms in total. The second-order valence-electron chi connectivity index (χ2n) is 3.39. The number of hydrogen-bond acceptors (Lipinski definition) is 1. The molecule has 0 N–H and O–H groups in total. The first kappa shape index (κ1) is 8.87. The van der Waals surface area contributed by atoms with E-state index in [9.17, 15) is 0 Å². The number of unbranched alkanes of at least 4 members (excludes halogenated alkanes) is 1. The van der Waals surface area contributed by atoms with Crippen LogP contribution in [0.1, 0.15) is 38.5 Å². The van der Waals surface area contributed by atoms with Crippen molar-refractivity contribution in [3.63, 3.8) is 0 Å². The van der Waals surface area contributed by atoms with Gasteiger partial charge in [-0.3, -0.25) is 0 Å². The normalized spacial score (nSPS) is 20.4. The van der Waals surface area contributed by atoms with Crippen LogP contribution in [0.15, 0.2) is 0 Å². The molecule has 1 fully saturated rings. The van der Waals surface area contributed by atoms with Crippen LogP contribution in [0.2, 0.25) is 0 Å². The molecule has 1 aliphatic carbocycles. The Kier molecular flexibility index (Phi) is 3.20. The van der Waals surface area contributed by atoms with Crippen molar-refractivity contribution in [2.45, 2.75) is 38.5 Å². The minimum absolute atomic E-state index is 0.0616. The highest BCUT2D eigenvalue weighted by Gasteiger charge is 2.36. The molecule has 0 amide bonds. The van der Waals surface area contributed by atoms with Crippen molar-refractivity contribution < 1.29 is 0 Å². The lowest BCUT2D eigenvalue weighted by molar-refractivity contribution is 0.193. The van der Waals surface area contributed by atoms with E-state index in [0.717, 1.165) is 38.0 Å². The lowest BCUT2D eigenvalue weighted by Crippen LogP contribution is -2.27. The maximum absolute atomic E-state index is 8.85. The van der Waals surface area contributed by atoms with Gasteiger partial charge in [0.2, 0.25) is 0 Å². The van der Waals surface area contributed by atoms with Crippen LogP contribution in [0.4, 0.5) is 0 Å². The molecular formula is C9H14ClN. The zero-order valence-corrected chi connectivity index (χ0v) is 7.53. The zero-order chi connectivity index (χ0) is 8.16. The molecule has 62 valence electrons. The molecule has 0 aromatic rings. The summed E-state index contributed by atoms with van der Waals surface area (Å²) >= 11 is 5.55. The smallest absolute Gasteiger partial charge is 0.0689 e. The summed E-state index contributed by atoms with van der Waals surface area (Å²) in [5.41, 5.74) is 0.0616. The van der Waals surface area contributed by atoms with Gasteiger partial charge in [-0.1, -0.05) is 12.8 Å². The highest BCUT2D eigenvalue weighted by Crippen LogP contribution is 2.44. The summed E-state index contributed by atoms with van der Waals surface area (Å²) in [7, 11) is 0. The van der Waals surface area contributed by atoms with Crippen LogP contribution in [0.3, 0.4) is 0 Å². The summed E-state index contributed by atoms with van der Waals surface area (Å²) < 4.78 is 0. The van der Waals surface area contributed by atoms with E-state index in [1.54, 1.807) is 0 Å². The molecule has 0 aromatic heterocycles. The van der Waals surface area contributed by atoms with E-state index in [1.807, 2.05) is 0 Å². The van der Waals surface area contributed by atoms with Gasteiger partial charge in [0.25, 0.3) is 0 Å². The SMILES string of the molecule is N#CC1(CCCCCl)CCC1. The molecule has 1 aliphatic rings. The summed E-state index contributed by atoms with van der Waals surface area (Å²) in [6.07, 6.45) is 6.73. The minimum Gasteiger partial charge on any atom is -0.198 e. The third kappa shape index (κ3) is 2.10. The second-order valence-corrected chi connectivity index (χ2v) is 3.77. The monoisotopic (exact) mass is 171 g/mol. The van der Waals surface area contributed by atoms with Crippen molar-refractivity contribution in [2.75, 3.05) is 5.88 Å². The van der Waals surface area contributed by atoms with Gasteiger partial charge in [0.05, 0.1) is 11.5 Å². The first-order valence-electron chi connectivity index (χ1n) is 4.30. The van der Waals surface area contributed by atoms with Crippen LogP contribution < -0.4 is 0 Å². The van der Waals surface area contributed by atoms with Gasteiger partial charge >= 0.3 is 0 Å². The van der Waals surface area contributed by atoms with Crippen molar-refractivity contribution >= 4 is 11.6 Å². The molecule has 0 atom stereocenters. The third-order valence-electron chi connectivity index (χ3n) is 2.59. The number of rotatable bonds is 4. The van der Waals surface area contributed by atoms with Crippen molar-refractivity contribution in [1.82, 2.24) is 0 Å². The second kappa shape index (κ2) is 3.97. The first-order valence-corrected chi connectivity index (χ1v) is 4.84. The molecule has 0 bridgehead atoms. The number of hydrogen-bond donors (Lipinski definition) is 0. The lowest BCUT2D eigenvalue weighted by Gasteiger charge is -2.35. The van der Waals surface area contributed by atoms with Gasteiger partial charge < -0.3 is 0 Å². The van der Waals surface area contributed by atoms with E-state index in [2.05, 4.69) is 6.07 Å². The molecular weight excluding hydrogens is 158 g/mol. The maximum atomic E-state index is 8.85. The molecule has 0 saturated heterocycles. The fourth-order valence-electron chi connectivity index (χ4n) is 1.58. The standard InChI is InChI=1S/C9H14ClN/c10-7-2-1-4-9(8-11)5-3-6-9/h1-7H2. The Labute approximate surface area is 73.3 Å². The zero-order valence-electron chi connectivity index (χ0n) is 6.77. The van der Waals surface area contributed by atoms with Crippen LogP contribution in [0.5, 0.6) is 0 Å². The molecule has 1 saturated carbocycles. The van der Waals surface area contributed by atoms with Gasteiger partial charge in [-0.25, -0.2) is 0 Å². The predicted octanol–water partition coefficient (Wildman–Crippen LogP) is 3.09. The summed E-state index contributed by atoms with van der Waals surface area (Å²) in [6.45, 7) is 0. The van der Waals surface area contributed by atoms with Gasteiger partial charge in [-0.05, 0) is 25.7 Å².